The second-order valence-electron chi connectivity index (χ2n) is 5.33. The van der Waals surface area contributed by atoms with Crippen molar-refractivity contribution in [3.05, 3.63) is 24.3 Å². The second kappa shape index (κ2) is 8.38. The van der Waals surface area contributed by atoms with E-state index in [0.717, 1.165) is 0 Å². The highest BCUT2D eigenvalue weighted by Crippen LogP contribution is 2.19. The summed E-state index contributed by atoms with van der Waals surface area (Å²) in [6, 6.07) is 7.25. The Hall–Kier alpha value is -2.28. The number of carbonyl (C=O) groups excluding carboxylic acids is 1. The van der Waals surface area contributed by atoms with Crippen molar-refractivity contribution in [2.45, 2.75) is 6.42 Å². The highest BCUT2D eigenvalue weighted by molar-refractivity contribution is 5.76. The van der Waals surface area contributed by atoms with Crippen molar-refractivity contribution in [3.63, 3.8) is 0 Å². The molecular formula is C16H22N2O5. The van der Waals surface area contributed by atoms with Crippen LogP contribution < -0.4 is 9.47 Å². The van der Waals surface area contributed by atoms with Gasteiger partial charge < -0.3 is 19.5 Å². The van der Waals surface area contributed by atoms with Crippen molar-refractivity contribution in [1.29, 1.82) is 0 Å². The molecule has 0 atom stereocenters. The molecule has 2 rings (SSSR count). The normalized spacial score (nSPS) is 15.3. The summed E-state index contributed by atoms with van der Waals surface area (Å²) >= 11 is 0. The van der Waals surface area contributed by atoms with Crippen molar-refractivity contribution in [2.24, 2.45) is 0 Å². The van der Waals surface area contributed by atoms with Gasteiger partial charge in [-0.1, -0.05) is 6.07 Å². The molecule has 1 N–H and O–H groups in total. The average Bonchev–Trinajstić information content (AvgIpc) is 2.55. The van der Waals surface area contributed by atoms with Gasteiger partial charge in [-0.15, -0.1) is 0 Å². The lowest BCUT2D eigenvalue weighted by atomic mass is 10.2. The highest BCUT2D eigenvalue weighted by Gasteiger charge is 2.21. The van der Waals surface area contributed by atoms with Gasteiger partial charge in [-0.3, -0.25) is 14.5 Å². The third-order valence-corrected chi connectivity index (χ3v) is 3.71. The minimum atomic E-state index is -0.837. The summed E-state index contributed by atoms with van der Waals surface area (Å²) in [5.41, 5.74) is 0. The molecule has 1 aromatic carbocycles. The second-order valence-corrected chi connectivity index (χ2v) is 5.33. The van der Waals surface area contributed by atoms with Gasteiger partial charge in [-0.25, -0.2) is 0 Å². The van der Waals surface area contributed by atoms with E-state index < -0.39 is 5.97 Å². The zero-order valence-corrected chi connectivity index (χ0v) is 13.2. The van der Waals surface area contributed by atoms with Gasteiger partial charge in [-0.2, -0.15) is 0 Å². The van der Waals surface area contributed by atoms with E-state index in [-0.39, 0.29) is 12.5 Å². The largest absolute Gasteiger partial charge is 0.497 e. The van der Waals surface area contributed by atoms with Gasteiger partial charge in [0.2, 0.25) is 5.91 Å². The topological polar surface area (TPSA) is 79.3 Å². The molecule has 7 heteroatoms. The standard InChI is InChI=1S/C16H22N2O5/c1-22-13-3-2-4-14(11-13)23-10-5-15(19)18-8-6-17(7-9-18)12-16(20)21/h2-4,11H,5-10,12H2,1H3,(H,20,21). The lowest BCUT2D eigenvalue weighted by Crippen LogP contribution is -2.50. The zero-order chi connectivity index (χ0) is 16.7. The van der Waals surface area contributed by atoms with E-state index in [1.807, 2.05) is 23.1 Å². The van der Waals surface area contributed by atoms with Crippen LogP contribution in [0, 0.1) is 0 Å². The summed E-state index contributed by atoms with van der Waals surface area (Å²) < 4.78 is 10.7. The SMILES string of the molecule is COc1cccc(OCCC(=O)N2CCN(CC(=O)O)CC2)c1. The minimum Gasteiger partial charge on any atom is -0.497 e. The Morgan fingerprint density at radius 3 is 2.52 bits per heavy atom. The van der Waals surface area contributed by atoms with Crippen LogP contribution in [0.15, 0.2) is 24.3 Å². The van der Waals surface area contributed by atoms with Crippen molar-refractivity contribution in [3.8, 4) is 11.5 Å². The van der Waals surface area contributed by atoms with Crippen molar-refractivity contribution in [1.82, 2.24) is 9.80 Å². The number of carboxylic acid groups (broad SMARTS) is 1. The molecule has 1 fully saturated rings. The number of methoxy groups -OCH3 is 1. The lowest BCUT2D eigenvalue weighted by Gasteiger charge is -2.33. The van der Waals surface area contributed by atoms with E-state index in [0.29, 0.717) is 50.7 Å². The molecule has 126 valence electrons. The Bertz CT molecular complexity index is 541. The van der Waals surface area contributed by atoms with Crippen LogP contribution in [0.2, 0.25) is 0 Å². The number of hydrogen-bond acceptors (Lipinski definition) is 5. The number of nitrogens with zero attached hydrogens (tertiary/aromatic N) is 2. The summed E-state index contributed by atoms with van der Waals surface area (Å²) in [6.07, 6.45) is 0.302. The first-order chi connectivity index (χ1) is 11.1. The Balaban J connectivity index is 1.70. The number of amides is 1. The van der Waals surface area contributed by atoms with Gasteiger partial charge in [0.25, 0.3) is 0 Å². The average molecular weight is 322 g/mol. The van der Waals surface area contributed by atoms with Crippen LogP contribution in [0.5, 0.6) is 11.5 Å². The quantitative estimate of drug-likeness (QED) is 0.796. The van der Waals surface area contributed by atoms with Gasteiger partial charge >= 0.3 is 5.97 Å². The number of ether oxygens (including phenoxy) is 2. The predicted molar refractivity (Wildman–Crippen MR) is 83.8 cm³/mol. The molecule has 1 amide bonds. The van der Waals surface area contributed by atoms with E-state index in [2.05, 4.69) is 0 Å². The maximum absolute atomic E-state index is 12.1. The monoisotopic (exact) mass is 322 g/mol. The van der Waals surface area contributed by atoms with Gasteiger partial charge in [0.15, 0.2) is 0 Å². The van der Waals surface area contributed by atoms with E-state index in [1.54, 1.807) is 18.1 Å². The zero-order valence-electron chi connectivity index (χ0n) is 13.2. The number of benzene rings is 1. The Labute approximate surface area is 135 Å². The Kier molecular flexibility index (Phi) is 6.22. The fraction of sp³-hybridized carbons (Fsp3) is 0.500. The summed E-state index contributed by atoms with van der Waals surface area (Å²) in [5.74, 6) is 0.575. The molecule has 0 aromatic heterocycles. The van der Waals surface area contributed by atoms with Gasteiger partial charge in [-0.05, 0) is 12.1 Å². The molecule has 0 aliphatic carbocycles. The number of hydrogen-bond donors (Lipinski definition) is 1. The molecule has 0 spiro atoms. The maximum atomic E-state index is 12.1. The maximum Gasteiger partial charge on any atom is 0.317 e. The fourth-order valence-corrected chi connectivity index (χ4v) is 2.45. The number of carbonyl (C=O) groups is 2. The molecule has 1 saturated heterocycles. The molecular weight excluding hydrogens is 300 g/mol. The van der Waals surface area contributed by atoms with Crippen LogP contribution in [0.4, 0.5) is 0 Å². The van der Waals surface area contributed by atoms with E-state index in [4.69, 9.17) is 14.6 Å². The summed E-state index contributed by atoms with van der Waals surface area (Å²) in [6.45, 7) is 2.64. The third kappa shape index (κ3) is 5.45. The molecule has 1 aliphatic heterocycles. The fourth-order valence-electron chi connectivity index (χ4n) is 2.45. The first-order valence-electron chi connectivity index (χ1n) is 7.57. The molecule has 0 saturated carbocycles. The van der Waals surface area contributed by atoms with Crippen LogP contribution in [-0.2, 0) is 9.59 Å². The number of aliphatic carboxylic acids is 1. The Morgan fingerprint density at radius 2 is 1.87 bits per heavy atom. The lowest BCUT2D eigenvalue weighted by molar-refractivity contribution is -0.139. The molecule has 0 bridgehead atoms. The third-order valence-electron chi connectivity index (χ3n) is 3.71. The van der Waals surface area contributed by atoms with Gasteiger partial charge in [0, 0.05) is 32.2 Å². The van der Waals surface area contributed by atoms with E-state index in [1.165, 1.54) is 0 Å². The van der Waals surface area contributed by atoms with Crippen molar-refractivity contribution >= 4 is 11.9 Å². The highest BCUT2D eigenvalue weighted by atomic mass is 16.5. The number of rotatable bonds is 7. The summed E-state index contributed by atoms with van der Waals surface area (Å²) in [5, 5.41) is 8.75. The summed E-state index contributed by atoms with van der Waals surface area (Å²) in [4.78, 5) is 26.4. The van der Waals surface area contributed by atoms with Crippen LogP contribution >= 0.6 is 0 Å². The molecule has 1 aliphatic rings. The van der Waals surface area contributed by atoms with Crippen LogP contribution in [0.3, 0.4) is 0 Å². The minimum absolute atomic E-state index is 0.0288. The summed E-state index contributed by atoms with van der Waals surface area (Å²) in [7, 11) is 1.59. The van der Waals surface area contributed by atoms with Gasteiger partial charge in [0.1, 0.15) is 11.5 Å². The van der Waals surface area contributed by atoms with Crippen molar-refractivity contribution in [2.75, 3.05) is 46.4 Å². The molecule has 23 heavy (non-hydrogen) atoms. The molecule has 1 heterocycles. The first-order valence-corrected chi connectivity index (χ1v) is 7.57. The van der Waals surface area contributed by atoms with Crippen LogP contribution in [0.1, 0.15) is 6.42 Å². The molecule has 1 aromatic rings. The van der Waals surface area contributed by atoms with E-state index in [9.17, 15) is 9.59 Å². The first kappa shape index (κ1) is 17.1. The predicted octanol–water partition coefficient (Wildman–Crippen LogP) is 0.693. The van der Waals surface area contributed by atoms with Gasteiger partial charge in [0.05, 0.1) is 26.7 Å². The number of carboxylic acids is 1. The van der Waals surface area contributed by atoms with Crippen LogP contribution in [0.25, 0.3) is 0 Å². The molecule has 7 nitrogen and oxygen atoms in total. The Morgan fingerprint density at radius 1 is 1.17 bits per heavy atom. The van der Waals surface area contributed by atoms with E-state index >= 15 is 0 Å². The molecule has 0 unspecified atom stereocenters. The smallest absolute Gasteiger partial charge is 0.317 e. The van der Waals surface area contributed by atoms with Crippen molar-refractivity contribution < 1.29 is 24.2 Å². The van der Waals surface area contributed by atoms with Crippen LogP contribution in [-0.4, -0.2) is 73.2 Å². The number of piperazine rings is 1. The molecule has 0 radical (unpaired) electrons.